The van der Waals surface area contributed by atoms with Crippen LogP contribution >= 0.6 is 0 Å². The van der Waals surface area contributed by atoms with Crippen LogP contribution in [0.5, 0.6) is 0 Å². The van der Waals surface area contributed by atoms with Crippen molar-refractivity contribution in [1.29, 1.82) is 5.26 Å². The third kappa shape index (κ3) is 3.36. The summed E-state index contributed by atoms with van der Waals surface area (Å²) >= 11 is 0. The molecule has 0 aliphatic carbocycles. The highest BCUT2D eigenvalue weighted by Crippen LogP contribution is 2.39. The number of hydrogen-bond acceptors (Lipinski definition) is 4. The summed E-state index contributed by atoms with van der Waals surface area (Å²) in [6, 6.07) is 17.8. The molecule has 160 valence electrons. The van der Waals surface area contributed by atoms with Crippen LogP contribution < -0.4 is 0 Å². The Morgan fingerprint density at radius 1 is 1.19 bits per heavy atom. The molecule has 5 rings (SSSR count). The highest BCUT2D eigenvalue weighted by molar-refractivity contribution is 5.96. The maximum atomic E-state index is 13.3. The van der Waals surface area contributed by atoms with Gasteiger partial charge in [0.15, 0.2) is 0 Å². The molecule has 1 unspecified atom stereocenters. The largest absolute Gasteiger partial charge is 0.443 e. The van der Waals surface area contributed by atoms with Crippen molar-refractivity contribution in [2.75, 3.05) is 0 Å². The molecule has 3 heterocycles. The summed E-state index contributed by atoms with van der Waals surface area (Å²) in [5.41, 5.74) is 4.53. The van der Waals surface area contributed by atoms with Gasteiger partial charge in [0.25, 0.3) is 0 Å². The lowest BCUT2D eigenvalue weighted by molar-refractivity contribution is 0.0547. The van der Waals surface area contributed by atoms with Gasteiger partial charge in [-0.3, -0.25) is 0 Å². The minimum atomic E-state index is -0.631. The van der Waals surface area contributed by atoms with Gasteiger partial charge in [-0.1, -0.05) is 24.3 Å². The first-order chi connectivity index (χ1) is 15.4. The molecule has 0 spiro atoms. The average Bonchev–Trinajstić information content (AvgIpc) is 3.46. The number of hydrogen-bond donors (Lipinski definition) is 0. The number of nitrogens with zero attached hydrogens (tertiary/aromatic N) is 4. The molecule has 1 aliphatic rings. The molecule has 4 aromatic rings. The Balaban J connectivity index is 1.75. The van der Waals surface area contributed by atoms with Crippen LogP contribution in [-0.4, -0.2) is 25.8 Å². The number of rotatable bonds is 2. The molecule has 0 amide bonds. The molecule has 0 bridgehead atoms. The van der Waals surface area contributed by atoms with Gasteiger partial charge >= 0.3 is 6.09 Å². The van der Waals surface area contributed by atoms with Gasteiger partial charge in [-0.2, -0.15) is 5.26 Å². The van der Waals surface area contributed by atoms with Crippen LogP contribution in [0.4, 0.5) is 4.79 Å². The molecule has 6 nitrogen and oxygen atoms in total. The minimum absolute atomic E-state index is 0.0975. The molecule has 6 heteroatoms. The third-order valence-corrected chi connectivity index (χ3v) is 5.86. The number of nitriles is 1. The van der Waals surface area contributed by atoms with Gasteiger partial charge in [-0.15, -0.1) is 0 Å². The van der Waals surface area contributed by atoms with Gasteiger partial charge in [0, 0.05) is 22.8 Å². The first kappa shape index (κ1) is 20.1. The Morgan fingerprint density at radius 3 is 2.78 bits per heavy atom. The highest BCUT2D eigenvalue weighted by Gasteiger charge is 2.29. The summed E-state index contributed by atoms with van der Waals surface area (Å²) in [6.45, 7) is 5.57. The monoisotopic (exact) mass is 424 g/mol. The summed E-state index contributed by atoms with van der Waals surface area (Å²) < 4.78 is 9.58. The smallest absolute Gasteiger partial charge is 0.419 e. The van der Waals surface area contributed by atoms with E-state index >= 15 is 0 Å². The standard InChI is InChI=1S/C26H24N4O2/c1-26(2,3)32-25(31)30-22-7-5-4-6-18(22)13-24(30)21-12-17(14-27)8-10-20(21)23-11-9-19-15-28-16-29(19)23/h4-8,10,12-13,15-16,23H,9,11H2,1-3H3. The average molecular weight is 425 g/mol. The van der Waals surface area contributed by atoms with Crippen LogP contribution in [0, 0.1) is 11.3 Å². The molecule has 0 radical (unpaired) electrons. The lowest BCUT2D eigenvalue weighted by atomic mass is 9.94. The molecule has 0 fully saturated rings. The van der Waals surface area contributed by atoms with Crippen LogP contribution in [0.1, 0.15) is 50.1 Å². The van der Waals surface area contributed by atoms with Crippen molar-refractivity contribution in [3.8, 4) is 17.3 Å². The summed E-state index contributed by atoms with van der Waals surface area (Å²) in [7, 11) is 0. The zero-order chi connectivity index (χ0) is 22.5. The third-order valence-electron chi connectivity index (χ3n) is 5.86. The van der Waals surface area contributed by atoms with Gasteiger partial charge in [0.05, 0.1) is 35.2 Å². The van der Waals surface area contributed by atoms with Crippen LogP contribution in [0.2, 0.25) is 0 Å². The van der Waals surface area contributed by atoms with Crippen molar-refractivity contribution in [2.45, 2.75) is 45.3 Å². The fourth-order valence-corrected chi connectivity index (χ4v) is 4.53. The number of aromatic nitrogens is 3. The zero-order valence-corrected chi connectivity index (χ0v) is 18.4. The number of benzene rings is 2. The van der Waals surface area contributed by atoms with Gasteiger partial charge in [-0.05, 0) is 63.4 Å². The molecule has 32 heavy (non-hydrogen) atoms. The van der Waals surface area contributed by atoms with Gasteiger partial charge in [-0.25, -0.2) is 14.3 Å². The highest BCUT2D eigenvalue weighted by atomic mass is 16.6. The van der Waals surface area contributed by atoms with Gasteiger partial charge in [0.2, 0.25) is 0 Å². The van der Waals surface area contributed by atoms with Crippen molar-refractivity contribution in [2.24, 2.45) is 0 Å². The summed E-state index contributed by atoms with van der Waals surface area (Å²) in [5, 5.41) is 10.5. The number of imidazole rings is 1. The molecule has 0 N–H and O–H groups in total. The van der Waals surface area contributed by atoms with Crippen LogP contribution in [-0.2, 0) is 11.2 Å². The predicted molar refractivity (Wildman–Crippen MR) is 122 cm³/mol. The van der Waals surface area contributed by atoms with Crippen LogP contribution in [0.3, 0.4) is 0 Å². The second kappa shape index (κ2) is 7.38. The number of fused-ring (bicyclic) bond motifs is 2. The normalized spacial score (nSPS) is 15.5. The molecular weight excluding hydrogens is 400 g/mol. The minimum Gasteiger partial charge on any atom is -0.443 e. The van der Waals surface area contributed by atoms with Gasteiger partial charge < -0.3 is 9.30 Å². The molecule has 1 atom stereocenters. The maximum Gasteiger partial charge on any atom is 0.419 e. The number of aryl methyl sites for hydroxylation is 1. The van der Waals surface area contributed by atoms with Crippen molar-refractivity contribution in [3.63, 3.8) is 0 Å². The summed E-state index contributed by atoms with van der Waals surface area (Å²) in [6.07, 6.45) is 5.22. The van der Waals surface area contributed by atoms with E-state index in [1.54, 1.807) is 4.57 Å². The van der Waals surface area contributed by atoms with E-state index in [0.29, 0.717) is 5.56 Å². The van der Waals surface area contributed by atoms with Crippen LogP contribution in [0.15, 0.2) is 61.1 Å². The predicted octanol–water partition coefficient (Wildman–Crippen LogP) is 5.70. The topological polar surface area (TPSA) is 72.8 Å². The zero-order valence-electron chi connectivity index (χ0n) is 18.4. The lowest BCUT2D eigenvalue weighted by Crippen LogP contribution is -2.27. The summed E-state index contributed by atoms with van der Waals surface area (Å²) in [5.74, 6) is 0. The Morgan fingerprint density at radius 2 is 2.00 bits per heavy atom. The number of carbonyl (C=O) groups excluding carboxylic acids is 1. The molecule has 0 saturated carbocycles. The SMILES string of the molecule is CC(C)(C)OC(=O)n1c(-c2cc(C#N)ccc2C2CCc3cncn32)cc2ccccc21. The van der Waals surface area contributed by atoms with Crippen LogP contribution in [0.25, 0.3) is 22.2 Å². The second-order valence-corrected chi connectivity index (χ2v) is 9.16. The Kier molecular flexibility index (Phi) is 4.63. The maximum absolute atomic E-state index is 13.3. The number of carbonyl (C=O) groups is 1. The molecule has 2 aromatic carbocycles. The van der Waals surface area contributed by atoms with E-state index in [2.05, 4.69) is 15.6 Å². The van der Waals surface area contributed by atoms with Crippen molar-refractivity contribution < 1.29 is 9.53 Å². The molecular formula is C26H24N4O2. The van der Waals surface area contributed by atoms with Gasteiger partial charge in [0.1, 0.15) is 5.60 Å². The van der Waals surface area contributed by atoms with Crippen molar-refractivity contribution in [1.82, 2.24) is 14.1 Å². The Hall–Kier alpha value is -3.85. The Labute approximate surface area is 186 Å². The number of ether oxygens (including phenoxy) is 1. The summed E-state index contributed by atoms with van der Waals surface area (Å²) in [4.78, 5) is 17.6. The first-order valence-electron chi connectivity index (χ1n) is 10.7. The van der Waals surface area contributed by atoms with Crippen molar-refractivity contribution >= 4 is 17.0 Å². The van der Waals surface area contributed by atoms with Crippen molar-refractivity contribution in [3.05, 3.63) is 77.9 Å². The first-order valence-corrected chi connectivity index (χ1v) is 10.7. The van der Waals surface area contributed by atoms with E-state index in [1.807, 2.05) is 81.8 Å². The van der Waals surface area contributed by atoms with E-state index in [1.165, 1.54) is 5.69 Å². The lowest BCUT2D eigenvalue weighted by Gasteiger charge is -2.22. The van der Waals surface area contributed by atoms with E-state index < -0.39 is 11.7 Å². The fraction of sp³-hybridized carbons (Fsp3) is 0.269. The second-order valence-electron chi connectivity index (χ2n) is 9.16. The Bertz CT molecular complexity index is 1380. The molecule has 0 saturated heterocycles. The van der Waals surface area contributed by atoms with E-state index in [4.69, 9.17) is 4.74 Å². The van der Waals surface area contributed by atoms with E-state index in [9.17, 15) is 10.1 Å². The molecule has 1 aliphatic heterocycles. The molecule has 2 aromatic heterocycles. The van der Waals surface area contributed by atoms with E-state index in [0.717, 1.165) is 40.6 Å². The quantitative estimate of drug-likeness (QED) is 0.414. The van der Waals surface area contributed by atoms with E-state index in [-0.39, 0.29) is 6.04 Å². The number of para-hydroxylation sites is 1. The fourth-order valence-electron chi connectivity index (χ4n) is 4.53.